The number of aromatic nitrogens is 1. The zero-order valence-corrected chi connectivity index (χ0v) is 8.89. The Morgan fingerprint density at radius 1 is 1.38 bits per heavy atom. The summed E-state index contributed by atoms with van der Waals surface area (Å²) in [6, 6.07) is 2.95. The molecular weight excluding hydrogens is 208 g/mol. The number of pyridine rings is 1. The smallest absolute Gasteiger partial charge is 0.250 e. The van der Waals surface area contributed by atoms with Gasteiger partial charge in [-0.2, -0.15) is 0 Å². The van der Waals surface area contributed by atoms with Gasteiger partial charge < -0.3 is 15.0 Å². The van der Waals surface area contributed by atoms with Crippen LogP contribution in [0.5, 0.6) is 0 Å². The van der Waals surface area contributed by atoms with Gasteiger partial charge in [-0.3, -0.25) is 9.59 Å². The van der Waals surface area contributed by atoms with E-state index in [9.17, 15) is 9.59 Å². The van der Waals surface area contributed by atoms with E-state index in [4.69, 9.17) is 10.5 Å². The van der Waals surface area contributed by atoms with Gasteiger partial charge in [-0.25, -0.2) is 0 Å². The number of ether oxygens (including phenoxy) is 1. The van der Waals surface area contributed by atoms with E-state index in [1.54, 1.807) is 10.8 Å². The van der Waals surface area contributed by atoms with Crippen LogP contribution in [0.15, 0.2) is 23.1 Å². The van der Waals surface area contributed by atoms with Crippen molar-refractivity contribution in [1.82, 2.24) is 4.57 Å². The first kappa shape index (κ1) is 10.9. The molecule has 1 saturated heterocycles. The minimum absolute atomic E-state index is 0.100. The molecule has 0 aromatic carbocycles. The Bertz CT molecular complexity index is 447. The zero-order valence-electron chi connectivity index (χ0n) is 8.89. The number of amides is 1. The highest BCUT2D eigenvalue weighted by Crippen LogP contribution is 2.18. The molecule has 0 saturated carbocycles. The summed E-state index contributed by atoms with van der Waals surface area (Å²) < 4.78 is 6.82. The van der Waals surface area contributed by atoms with Gasteiger partial charge in [0.15, 0.2) is 0 Å². The van der Waals surface area contributed by atoms with Gasteiger partial charge in [0.25, 0.3) is 5.56 Å². The first-order chi connectivity index (χ1) is 7.68. The topological polar surface area (TPSA) is 74.3 Å². The molecule has 1 aromatic heterocycles. The monoisotopic (exact) mass is 222 g/mol. The van der Waals surface area contributed by atoms with E-state index in [0.29, 0.717) is 18.8 Å². The van der Waals surface area contributed by atoms with Crippen LogP contribution in [0.4, 0.5) is 0 Å². The maximum atomic E-state index is 11.7. The minimum Gasteiger partial charge on any atom is -0.381 e. The molecule has 86 valence electrons. The number of nitrogens with zero attached hydrogens (tertiary/aromatic N) is 1. The van der Waals surface area contributed by atoms with E-state index in [1.807, 2.05) is 0 Å². The van der Waals surface area contributed by atoms with Crippen LogP contribution in [0, 0.1) is 0 Å². The lowest BCUT2D eigenvalue weighted by molar-refractivity contribution is 0.0685. The van der Waals surface area contributed by atoms with Crippen molar-refractivity contribution in [3.63, 3.8) is 0 Å². The molecule has 2 rings (SSSR count). The lowest BCUT2D eigenvalue weighted by Gasteiger charge is -2.24. The van der Waals surface area contributed by atoms with E-state index in [2.05, 4.69) is 0 Å². The number of primary amides is 1. The fraction of sp³-hybridized carbons (Fsp3) is 0.455. The largest absolute Gasteiger partial charge is 0.381 e. The first-order valence-electron chi connectivity index (χ1n) is 5.28. The predicted molar refractivity (Wildman–Crippen MR) is 58.3 cm³/mol. The molecule has 2 N–H and O–H groups in total. The predicted octanol–water partition coefficient (Wildman–Crippen LogP) is 0.299. The van der Waals surface area contributed by atoms with Crippen LogP contribution < -0.4 is 11.3 Å². The van der Waals surface area contributed by atoms with Gasteiger partial charge in [-0.05, 0) is 18.9 Å². The summed E-state index contributed by atoms with van der Waals surface area (Å²) in [5, 5.41) is 0. The normalized spacial score (nSPS) is 17.2. The number of carbonyl (C=O) groups excluding carboxylic acids is 1. The van der Waals surface area contributed by atoms with E-state index < -0.39 is 5.91 Å². The van der Waals surface area contributed by atoms with Gasteiger partial charge >= 0.3 is 0 Å². The summed E-state index contributed by atoms with van der Waals surface area (Å²) in [6.07, 6.45) is 3.13. The zero-order chi connectivity index (χ0) is 11.5. The van der Waals surface area contributed by atoms with Crippen LogP contribution in [0.2, 0.25) is 0 Å². The maximum absolute atomic E-state index is 11.7. The lowest BCUT2D eigenvalue weighted by atomic mass is 10.1. The van der Waals surface area contributed by atoms with Crippen molar-refractivity contribution >= 4 is 5.91 Å². The SMILES string of the molecule is NC(=O)c1ccc(=O)n(C2CCOCC2)c1. The van der Waals surface area contributed by atoms with Gasteiger partial charge in [-0.1, -0.05) is 0 Å². The third-order valence-corrected chi connectivity index (χ3v) is 2.81. The molecule has 5 heteroatoms. The molecule has 1 aromatic rings. The number of hydrogen-bond acceptors (Lipinski definition) is 3. The lowest BCUT2D eigenvalue weighted by Crippen LogP contribution is -2.29. The molecule has 0 bridgehead atoms. The molecule has 1 aliphatic heterocycles. The van der Waals surface area contributed by atoms with Crippen LogP contribution in [0.1, 0.15) is 29.2 Å². The fourth-order valence-electron chi connectivity index (χ4n) is 1.90. The fourth-order valence-corrected chi connectivity index (χ4v) is 1.90. The van der Waals surface area contributed by atoms with Crippen molar-refractivity contribution in [1.29, 1.82) is 0 Å². The van der Waals surface area contributed by atoms with Gasteiger partial charge in [0, 0.05) is 31.5 Å². The second kappa shape index (κ2) is 4.49. The average molecular weight is 222 g/mol. The highest BCUT2D eigenvalue weighted by atomic mass is 16.5. The van der Waals surface area contributed by atoms with Crippen molar-refractivity contribution in [3.8, 4) is 0 Å². The van der Waals surface area contributed by atoms with Crippen molar-refractivity contribution < 1.29 is 9.53 Å². The Kier molecular flexibility index (Phi) is 3.05. The standard InChI is InChI=1S/C11H14N2O3/c12-11(15)8-1-2-10(14)13(7-8)9-3-5-16-6-4-9/h1-2,7,9H,3-6H2,(H2,12,15). The molecule has 0 aliphatic carbocycles. The number of rotatable bonds is 2. The first-order valence-corrected chi connectivity index (χ1v) is 5.28. The highest BCUT2D eigenvalue weighted by molar-refractivity contribution is 5.92. The molecule has 1 amide bonds. The summed E-state index contributed by atoms with van der Waals surface area (Å²) in [5.41, 5.74) is 5.45. The third kappa shape index (κ3) is 2.14. The number of nitrogens with two attached hydrogens (primary N) is 1. The molecular formula is C11H14N2O3. The summed E-state index contributed by atoms with van der Waals surface area (Å²) in [4.78, 5) is 22.7. The summed E-state index contributed by atoms with van der Waals surface area (Å²) in [5.74, 6) is -0.513. The molecule has 0 radical (unpaired) electrons. The molecule has 1 aliphatic rings. The second-order valence-corrected chi connectivity index (χ2v) is 3.87. The van der Waals surface area contributed by atoms with E-state index in [0.717, 1.165) is 12.8 Å². The molecule has 5 nitrogen and oxygen atoms in total. The van der Waals surface area contributed by atoms with Gasteiger partial charge in [-0.15, -0.1) is 0 Å². The minimum atomic E-state index is -0.513. The van der Waals surface area contributed by atoms with Gasteiger partial charge in [0.2, 0.25) is 5.91 Å². The Balaban J connectivity index is 2.34. The molecule has 2 heterocycles. The van der Waals surface area contributed by atoms with E-state index >= 15 is 0 Å². The Morgan fingerprint density at radius 3 is 2.69 bits per heavy atom. The van der Waals surface area contributed by atoms with Crippen molar-refractivity contribution in [3.05, 3.63) is 34.2 Å². The van der Waals surface area contributed by atoms with Crippen molar-refractivity contribution in [2.45, 2.75) is 18.9 Å². The van der Waals surface area contributed by atoms with Crippen LogP contribution >= 0.6 is 0 Å². The van der Waals surface area contributed by atoms with E-state index in [-0.39, 0.29) is 11.6 Å². The summed E-state index contributed by atoms with van der Waals surface area (Å²) in [6.45, 7) is 1.30. The number of carbonyl (C=O) groups is 1. The van der Waals surface area contributed by atoms with Crippen LogP contribution in [-0.2, 0) is 4.74 Å². The molecule has 0 spiro atoms. The molecule has 0 atom stereocenters. The quantitative estimate of drug-likeness (QED) is 0.782. The average Bonchev–Trinajstić information content (AvgIpc) is 2.30. The van der Waals surface area contributed by atoms with Gasteiger partial charge in [0.1, 0.15) is 0 Å². The van der Waals surface area contributed by atoms with Crippen molar-refractivity contribution in [2.24, 2.45) is 5.73 Å². The molecule has 0 unspecified atom stereocenters. The summed E-state index contributed by atoms with van der Waals surface area (Å²) in [7, 11) is 0. The highest BCUT2D eigenvalue weighted by Gasteiger charge is 2.17. The van der Waals surface area contributed by atoms with Crippen LogP contribution in [-0.4, -0.2) is 23.7 Å². The molecule has 16 heavy (non-hydrogen) atoms. The number of hydrogen-bond donors (Lipinski definition) is 1. The third-order valence-electron chi connectivity index (χ3n) is 2.81. The van der Waals surface area contributed by atoms with E-state index in [1.165, 1.54) is 12.1 Å². The molecule has 1 fully saturated rings. The summed E-state index contributed by atoms with van der Waals surface area (Å²) >= 11 is 0. The van der Waals surface area contributed by atoms with Gasteiger partial charge in [0.05, 0.1) is 5.56 Å². The Morgan fingerprint density at radius 2 is 2.06 bits per heavy atom. The second-order valence-electron chi connectivity index (χ2n) is 3.87. The Labute approximate surface area is 92.8 Å². The van der Waals surface area contributed by atoms with Crippen LogP contribution in [0.25, 0.3) is 0 Å². The maximum Gasteiger partial charge on any atom is 0.250 e. The van der Waals surface area contributed by atoms with Crippen molar-refractivity contribution in [2.75, 3.05) is 13.2 Å². The Hall–Kier alpha value is -1.62. The van der Waals surface area contributed by atoms with Crippen LogP contribution in [0.3, 0.4) is 0 Å².